The van der Waals surface area contributed by atoms with E-state index in [-0.39, 0.29) is 18.4 Å². The maximum absolute atomic E-state index is 12.1. The average molecular weight is 290 g/mol. The van der Waals surface area contributed by atoms with Crippen LogP contribution in [0.5, 0.6) is 0 Å². The Hall–Kier alpha value is -1.53. The van der Waals surface area contributed by atoms with Crippen molar-refractivity contribution in [2.24, 2.45) is 0 Å². The van der Waals surface area contributed by atoms with Crippen LogP contribution in [0.15, 0.2) is 0 Å². The zero-order valence-corrected chi connectivity index (χ0v) is 12.2. The van der Waals surface area contributed by atoms with Crippen LogP contribution in [0, 0.1) is 6.92 Å². The number of nitrogens with one attached hydrogen (secondary N) is 1. The van der Waals surface area contributed by atoms with E-state index in [0.717, 1.165) is 0 Å². The van der Waals surface area contributed by atoms with Crippen LogP contribution in [0.25, 0.3) is 0 Å². The molecule has 0 saturated carbocycles. The van der Waals surface area contributed by atoms with Crippen LogP contribution in [0.2, 0.25) is 0 Å². The summed E-state index contributed by atoms with van der Waals surface area (Å²) in [5, 5.41) is 2.91. The first kappa shape index (κ1) is 16.5. The number of nitrogens with two attached hydrogens (primary N) is 1. The summed E-state index contributed by atoms with van der Waals surface area (Å²) < 4.78 is 36.2. The van der Waals surface area contributed by atoms with E-state index in [1.165, 1.54) is 0 Å². The standard InChI is InChI=1S/C13H21F3N4/c1-8-9(17)19-11(12(2,3)4)20-10(8)18-7-5-6-13(14,15)16/h5-7H2,1-4H3,(H3,17,18,19,20). The molecule has 1 rings (SSSR count). The molecule has 0 spiro atoms. The monoisotopic (exact) mass is 290 g/mol. The minimum atomic E-state index is -4.13. The Morgan fingerprint density at radius 3 is 2.25 bits per heavy atom. The normalized spacial score (nSPS) is 12.6. The van der Waals surface area contributed by atoms with Gasteiger partial charge in [-0.3, -0.25) is 0 Å². The molecule has 0 aromatic carbocycles. The SMILES string of the molecule is Cc1c(N)nc(C(C)(C)C)nc1NCCCC(F)(F)F. The molecular weight excluding hydrogens is 269 g/mol. The van der Waals surface area contributed by atoms with Gasteiger partial charge in [0.1, 0.15) is 17.5 Å². The number of halogens is 3. The lowest BCUT2D eigenvalue weighted by Gasteiger charge is -2.19. The average Bonchev–Trinajstić information content (AvgIpc) is 2.26. The predicted molar refractivity (Wildman–Crippen MR) is 73.7 cm³/mol. The van der Waals surface area contributed by atoms with Crippen molar-refractivity contribution in [3.05, 3.63) is 11.4 Å². The molecule has 0 saturated heterocycles. The van der Waals surface area contributed by atoms with Crippen LogP contribution < -0.4 is 11.1 Å². The maximum Gasteiger partial charge on any atom is 0.389 e. The van der Waals surface area contributed by atoms with Crippen molar-refractivity contribution in [2.75, 3.05) is 17.6 Å². The van der Waals surface area contributed by atoms with Crippen molar-refractivity contribution in [3.63, 3.8) is 0 Å². The Labute approximate surface area is 117 Å². The van der Waals surface area contributed by atoms with Gasteiger partial charge in [0.05, 0.1) is 0 Å². The summed E-state index contributed by atoms with van der Waals surface area (Å²) in [4.78, 5) is 8.57. The molecule has 4 nitrogen and oxygen atoms in total. The minimum absolute atomic E-state index is 0.00228. The number of alkyl halides is 3. The third kappa shape index (κ3) is 4.86. The van der Waals surface area contributed by atoms with E-state index < -0.39 is 12.6 Å². The molecule has 0 unspecified atom stereocenters. The van der Waals surface area contributed by atoms with Gasteiger partial charge in [0.2, 0.25) is 0 Å². The second-order valence-corrected chi connectivity index (χ2v) is 5.80. The summed E-state index contributed by atoms with van der Waals surface area (Å²) in [7, 11) is 0. The Kier molecular flexibility index (Phi) is 4.83. The van der Waals surface area contributed by atoms with Crippen LogP contribution in [0.4, 0.5) is 24.8 Å². The molecule has 0 aliphatic rings. The third-order valence-electron chi connectivity index (χ3n) is 2.78. The van der Waals surface area contributed by atoms with Crippen LogP contribution in [-0.4, -0.2) is 22.7 Å². The molecule has 0 bridgehead atoms. The fraction of sp³-hybridized carbons (Fsp3) is 0.692. The fourth-order valence-corrected chi connectivity index (χ4v) is 1.54. The first-order valence-corrected chi connectivity index (χ1v) is 6.46. The largest absolute Gasteiger partial charge is 0.389 e. The molecule has 1 aromatic rings. The number of hydrogen-bond donors (Lipinski definition) is 2. The van der Waals surface area contributed by atoms with Gasteiger partial charge >= 0.3 is 6.18 Å². The van der Waals surface area contributed by atoms with Crippen molar-refractivity contribution in [3.8, 4) is 0 Å². The highest BCUT2D eigenvalue weighted by Crippen LogP contribution is 2.25. The van der Waals surface area contributed by atoms with Gasteiger partial charge in [0.25, 0.3) is 0 Å². The van der Waals surface area contributed by atoms with Crippen LogP contribution in [0.3, 0.4) is 0 Å². The fourth-order valence-electron chi connectivity index (χ4n) is 1.54. The molecule has 114 valence electrons. The van der Waals surface area contributed by atoms with Crippen molar-refractivity contribution in [1.29, 1.82) is 0 Å². The molecule has 0 atom stereocenters. The molecule has 7 heteroatoms. The van der Waals surface area contributed by atoms with Gasteiger partial charge < -0.3 is 11.1 Å². The Morgan fingerprint density at radius 1 is 1.15 bits per heavy atom. The number of rotatable bonds is 4. The molecule has 0 aliphatic carbocycles. The van der Waals surface area contributed by atoms with E-state index in [1.54, 1.807) is 6.92 Å². The van der Waals surface area contributed by atoms with E-state index in [0.29, 0.717) is 23.0 Å². The predicted octanol–water partition coefficient (Wildman–Crippen LogP) is 3.42. The number of anilines is 2. The van der Waals surface area contributed by atoms with Crippen LogP contribution in [0.1, 0.15) is 45.0 Å². The summed E-state index contributed by atoms with van der Waals surface area (Å²) in [6, 6.07) is 0. The lowest BCUT2D eigenvalue weighted by molar-refractivity contribution is -0.134. The van der Waals surface area contributed by atoms with Gasteiger partial charge in [-0.25, -0.2) is 9.97 Å². The quantitative estimate of drug-likeness (QED) is 0.834. The molecule has 1 heterocycles. The summed E-state index contributed by atoms with van der Waals surface area (Å²) in [6.07, 6.45) is -4.94. The van der Waals surface area contributed by atoms with Crippen LogP contribution in [-0.2, 0) is 5.41 Å². The number of nitrogens with zero attached hydrogens (tertiary/aromatic N) is 2. The third-order valence-corrected chi connectivity index (χ3v) is 2.78. The molecule has 0 radical (unpaired) electrons. The second kappa shape index (κ2) is 5.85. The summed E-state index contributed by atoms with van der Waals surface area (Å²) in [5.74, 6) is 1.42. The highest BCUT2D eigenvalue weighted by Gasteiger charge is 2.26. The van der Waals surface area contributed by atoms with Crippen molar-refractivity contribution >= 4 is 11.6 Å². The summed E-state index contributed by atoms with van der Waals surface area (Å²) in [5.41, 5.74) is 6.20. The van der Waals surface area contributed by atoms with Gasteiger partial charge in [0.15, 0.2) is 0 Å². The van der Waals surface area contributed by atoms with Gasteiger partial charge in [-0.05, 0) is 13.3 Å². The maximum atomic E-state index is 12.1. The van der Waals surface area contributed by atoms with E-state index in [4.69, 9.17) is 5.73 Å². The topological polar surface area (TPSA) is 63.8 Å². The first-order valence-electron chi connectivity index (χ1n) is 6.46. The number of hydrogen-bond acceptors (Lipinski definition) is 4. The van der Waals surface area contributed by atoms with Crippen LogP contribution >= 0.6 is 0 Å². The lowest BCUT2D eigenvalue weighted by atomic mass is 9.95. The lowest BCUT2D eigenvalue weighted by Crippen LogP contribution is -2.20. The highest BCUT2D eigenvalue weighted by atomic mass is 19.4. The van der Waals surface area contributed by atoms with Gasteiger partial charge in [-0.15, -0.1) is 0 Å². The highest BCUT2D eigenvalue weighted by molar-refractivity contribution is 5.55. The van der Waals surface area contributed by atoms with Crippen molar-refractivity contribution < 1.29 is 13.2 Å². The summed E-state index contributed by atoms with van der Waals surface area (Å²) in [6.45, 7) is 7.79. The Bertz CT molecular complexity index is 464. The molecule has 20 heavy (non-hydrogen) atoms. The molecule has 0 fully saturated rings. The Balaban J connectivity index is 2.77. The molecule has 1 aromatic heterocycles. The molecular formula is C13H21F3N4. The molecule has 0 amide bonds. The summed E-state index contributed by atoms with van der Waals surface area (Å²) >= 11 is 0. The van der Waals surface area contributed by atoms with Crippen molar-refractivity contribution in [2.45, 2.75) is 52.1 Å². The number of nitrogen functional groups attached to an aromatic ring is 1. The number of aromatic nitrogens is 2. The minimum Gasteiger partial charge on any atom is -0.383 e. The smallest absolute Gasteiger partial charge is 0.383 e. The zero-order chi connectivity index (χ0) is 15.6. The van der Waals surface area contributed by atoms with Gasteiger partial charge in [-0.2, -0.15) is 13.2 Å². The molecule has 0 aliphatic heterocycles. The van der Waals surface area contributed by atoms with Gasteiger partial charge in [0, 0.05) is 23.9 Å². The van der Waals surface area contributed by atoms with E-state index in [9.17, 15) is 13.2 Å². The van der Waals surface area contributed by atoms with Crippen molar-refractivity contribution in [1.82, 2.24) is 9.97 Å². The first-order chi connectivity index (χ1) is 9.00. The van der Waals surface area contributed by atoms with E-state index in [2.05, 4.69) is 15.3 Å². The molecule has 3 N–H and O–H groups in total. The van der Waals surface area contributed by atoms with E-state index in [1.807, 2.05) is 20.8 Å². The second-order valence-electron chi connectivity index (χ2n) is 5.80. The van der Waals surface area contributed by atoms with Gasteiger partial charge in [-0.1, -0.05) is 20.8 Å². The zero-order valence-electron chi connectivity index (χ0n) is 12.2. The Morgan fingerprint density at radius 2 is 1.75 bits per heavy atom. The van der Waals surface area contributed by atoms with E-state index >= 15 is 0 Å².